The average Bonchev–Trinajstić information content (AvgIpc) is 3.64. The molecule has 1 aromatic carbocycles. The van der Waals surface area contributed by atoms with Gasteiger partial charge in [-0.2, -0.15) is 13.2 Å². The van der Waals surface area contributed by atoms with E-state index in [1.807, 2.05) is 17.0 Å². The normalized spacial score (nSPS) is 28.0. The minimum Gasteiger partial charge on any atom is -0.379 e. The van der Waals surface area contributed by atoms with E-state index < -0.39 is 24.5 Å². The van der Waals surface area contributed by atoms with Crippen LogP contribution in [0.2, 0.25) is 0 Å². The molecule has 3 amide bonds. The first-order chi connectivity index (χ1) is 18.0. The number of rotatable bonds is 9. The van der Waals surface area contributed by atoms with E-state index in [1.165, 1.54) is 12.8 Å². The highest BCUT2D eigenvalue weighted by atomic mass is 19.4. The van der Waals surface area contributed by atoms with Crippen LogP contribution in [0.3, 0.4) is 0 Å². The maximum Gasteiger partial charge on any atom is 0.390 e. The van der Waals surface area contributed by atoms with Crippen molar-refractivity contribution in [3.05, 3.63) is 29.3 Å². The van der Waals surface area contributed by atoms with E-state index in [9.17, 15) is 27.6 Å². The van der Waals surface area contributed by atoms with Gasteiger partial charge < -0.3 is 15.1 Å². The van der Waals surface area contributed by atoms with Crippen LogP contribution < -0.4 is 10.6 Å². The zero-order chi connectivity index (χ0) is 27.1. The van der Waals surface area contributed by atoms with Gasteiger partial charge in [-0.3, -0.25) is 19.7 Å². The number of hydrogen-bond acceptors (Lipinski definition) is 5. The van der Waals surface area contributed by atoms with Crippen LogP contribution >= 0.6 is 0 Å². The molecule has 1 unspecified atom stereocenters. The predicted octanol–water partition coefficient (Wildman–Crippen LogP) is 4.62. The molecule has 1 aromatic rings. The van der Waals surface area contributed by atoms with Crippen molar-refractivity contribution in [1.82, 2.24) is 15.1 Å². The van der Waals surface area contributed by atoms with Crippen LogP contribution in [0.25, 0.3) is 0 Å². The third-order valence-electron chi connectivity index (χ3n) is 8.99. The first kappa shape index (κ1) is 27.0. The Kier molecular flexibility index (Phi) is 7.46. The summed E-state index contributed by atoms with van der Waals surface area (Å²) in [6.45, 7) is 0.326. The highest BCUT2D eigenvalue weighted by Crippen LogP contribution is 2.43. The summed E-state index contributed by atoms with van der Waals surface area (Å²) in [5, 5.41) is 6.17. The van der Waals surface area contributed by atoms with Crippen LogP contribution in [-0.4, -0.2) is 64.9 Å². The molecular weight excluding hydrogens is 497 g/mol. The summed E-state index contributed by atoms with van der Waals surface area (Å²) in [6, 6.07) is 5.10. The lowest BCUT2D eigenvalue weighted by Gasteiger charge is -2.44. The SMILES string of the molecule is CN(CCC(F)(F)F)C1CCC(CCC2CC2)(Nc2cccc3c2CN(C2CCC(=O)NC2=O)C3=O)CC1. The molecule has 2 N–H and O–H groups in total. The van der Waals surface area contributed by atoms with Crippen molar-refractivity contribution in [2.45, 2.75) is 101 Å². The Bertz CT molecular complexity index is 1080. The number of halogens is 3. The largest absolute Gasteiger partial charge is 0.390 e. The van der Waals surface area contributed by atoms with Crippen molar-refractivity contribution in [3.63, 3.8) is 0 Å². The number of amides is 3. The average molecular weight is 535 g/mol. The smallest absolute Gasteiger partial charge is 0.379 e. The minimum atomic E-state index is -4.15. The Labute approximate surface area is 221 Å². The molecule has 10 heteroatoms. The Hall–Kier alpha value is -2.62. The third-order valence-corrected chi connectivity index (χ3v) is 8.99. The van der Waals surface area contributed by atoms with Gasteiger partial charge in [0.05, 0.1) is 6.42 Å². The quantitative estimate of drug-likeness (QED) is 0.452. The molecule has 2 saturated carbocycles. The summed E-state index contributed by atoms with van der Waals surface area (Å²) in [5.41, 5.74) is 2.17. The second-order valence-electron chi connectivity index (χ2n) is 11.7. The zero-order valence-corrected chi connectivity index (χ0v) is 21.9. The van der Waals surface area contributed by atoms with Gasteiger partial charge in [0.2, 0.25) is 11.8 Å². The minimum absolute atomic E-state index is 0.0150. The number of piperidine rings is 1. The number of imide groups is 1. The molecule has 2 aliphatic heterocycles. The lowest BCUT2D eigenvalue weighted by Crippen LogP contribution is -2.52. The Balaban J connectivity index is 1.30. The molecule has 0 radical (unpaired) electrons. The van der Waals surface area contributed by atoms with Crippen LogP contribution in [-0.2, 0) is 16.1 Å². The van der Waals surface area contributed by atoms with Gasteiger partial charge >= 0.3 is 6.18 Å². The summed E-state index contributed by atoms with van der Waals surface area (Å²) in [4.78, 5) is 40.8. The summed E-state index contributed by atoms with van der Waals surface area (Å²) in [6.07, 6.45) is 3.58. The fourth-order valence-corrected chi connectivity index (χ4v) is 6.39. The molecule has 4 aliphatic rings. The van der Waals surface area contributed by atoms with Gasteiger partial charge in [-0.25, -0.2) is 0 Å². The van der Waals surface area contributed by atoms with Crippen LogP contribution in [0.1, 0.15) is 86.6 Å². The Morgan fingerprint density at radius 3 is 2.50 bits per heavy atom. The van der Waals surface area contributed by atoms with Gasteiger partial charge in [0.15, 0.2) is 0 Å². The number of carbonyl (C=O) groups is 3. The molecule has 2 heterocycles. The Morgan fingerprint density at radius 1 is 1.11 bits per heavy atom. The van der Waals surface area contributed by atoms with Crippen molar-refractivity contribution in [2.24, 2.45) is 5.92 Å². The van der Waals surface area contributed by atoms with Gasteiger partial charge in [-0.1, -0.05) is 18.9 Å². The summed E-state index contributed by atoms with van der Waals surface area (Å²) in [7, 11) is 1.79. The van der Waals surface area contributed by atoms with Crippen LogP contribution in [0, 0.1) is 5.92 Å². The fourth-order valence-electron chi connectivity index (χ4n) is 6.39. The molecule has 208 valence electrons. The van der Waals surface area contributed by atoms with E-state index in [0.717, 1.165) is 55.7 Å². The number of alkyl halides is 3. The number of anilines is 1. The molecule has 7 nitrogen and oxygen atoms in total. The fraction of sp³-hybridized carbons (Fsp3) is 0.679. The van der Waals surface area contributed by atoms with Gasteiger partial charge in [0.25, 0.3) is 5.91 Å². The first-order valence-electron chi connectivity index (χ1n) is 13.9. The van der Waals surface area contributed by atoms with Crippen molar-refractivity contribution in [3.8, 4) is 0 Å². The molecule has 1 atom stereocenters. The van der Waals surface area contributed by atoms with E-state index in [1.54, 1.807) is 18.0 Å². The van der Waals surface area contributed by atoms with Gasteiger partial charge in [0.1, 0.15) is 6.04 Å². The second kappa shape index (κ2) is 10.5. The van der Waals surface area contributed by atoms with Crippen LogP contribution in [0.5, 0.6) is 0 Å². The molecule has 1 saturated heterocycles. The summed E-state index contributed by atoms with van der Waals surface area (Å²) >= 11 is 0. The van der Waals surface area contributed by atoms with E-state index >= 15 is 0 Å². The van der Waals surface area contributed by atoms with E-state index in [2.05, 4.69) is 10.6 Å². The number of carbonyl (C=O) groups excluding carboxylic acids is 3. The van der Waals surface area contributed by atoms with Crippen LogP contribution in [0.4, 0.5) is 18.9 Å². The monoisotopic (exact) mass is 534 g/mol. The molecule has 2 aliphatic carbocycles. The highest BCUT2D eigenvalue weighted by Gasteiger charge is 2.42. The van der Waals surface area contributed by atoms with Crippen molar-refractivity contribution >= 4 is 23.4 Å². The molecular formula is C28H37F3N4O3. The number of nitrogens with one attached hydrogen (secondary N) is 2. The number of hydrogen-bond donors (Lipinski definition) is 2. The summed E-state index contributed by atoms with van der Waals surface area (Å²) in [5.74, 6) is -0.173. The van der Waals surface area contributed by atoms with Crippen molar-refractivity contribution < 1.29 is 27.6 Å². The maximum absolute atomic E-state index is 13.3. The second-order valence-corrected chi connectivity index (χ2v) is 11.7. The predicted molar refractivity (Wildman–Crippen MR) is 136 cm³/mol. The molecule has 38 heavy (non-hydrogen) atoms. The summed E-state index contributed by atoms with van der Waals surface area (Å²) < 4.78 is 38.3. The zero-order valence-electron chi connectivity index (χ0n) is 21.9. The number of benzene rings is 1. The molecule has 0 bridgehead atoms. The number of fused-ring (bicyclic) bond motifs is 1. The number of nitrogens with zero attached hydrogens (tertiary/aromatic N) is 2. The van der Waals surface area contributed by atoms with Gasteiger partial charge in [-0.15, -0.1) is 0 Å². The van der Waals surface area contributed by atoms with E-state index in [0.29, 0.717) is 18.5 Å². The lowest BCUT2D eigenvalue weighted by molar-refractivity contribution is -0.139. The standard InChI is InChI=1S/C28H37F3N4O3/c1-34(16-15-28(29,30)31)19-10-13-27(14-11-19,12-9-18-5-6-18)33-22-4-2-3-20-21(22)17-35(26(20)38)23-7-8-24(36)32-25(23)37/h2-4,18-19,23,33H,5-17H2,1H3,(H,32,36,37). The Morgan fingerprint density at radius 2 is 1.84 bits per heavy atom. The van der Waals surface area contributed by atoms with E-state index in [4.69, 9.17) is 0 Å². The highest BCUT2D eigenvalue weighted by molar-refractivity contribution is 6.06. The molecule has 5 rings (SSSR count). The first-order valence-corrected chi connectivity index (χ1v) is 13.9. The lowest BCUT2D eigenvalue weighted by atomic mass is 9.75. The van der Waals surface area contributed by atoms with Crippen LogP contribution in [0.15, 0.2) is 18.2 Å². The van der Waals surface area contributed by atoms with Crippen molar-refractivity contribution in [1.29, 1.82) is 0 Å². The topological polar surface area (TPSA) is 81.8 Å². The molecule has 0 aromatic heterocycles. The van der Waals surface area contributed by atoms with Crippen molar-refractivity contribution in [2.75, 3.05) is 18.9 Å². The molecule has 0 spiro atoms. The molecule has 3 fully saturated rings. The van der Waals surface area contributed by atoms with Gasteiger partial charge in [0, 0.05) is 47.9 Å². The third kappa shape index (κ3) is 6.00. The van der Waals surface area contributed by atoms with Gasteiger partial charge in [-0.05, 0) is 70.0 Å². The maximum atomic E-state index is 13.3. The van der Waals surface area contributed by atoms with E-state index in [-0.39, 0.29) is 36.4 Å².